The summed E-state index contributed by atoms with van der Waals surface area (Å²) in [5.74, 6) is -0.821. The fraction of sp³-hybridized carbons (Fsp3) is 0.200. The molecular formula is C15H14ClFN2O2. The molecule has 0 unspecified atom stereocenters. The summed E-state index contributed by atoms with van der Waals surface area (Å²) < 4.78 is 13.5. The van der Waals surface area contributed by atoms with Crippen molar-refractivity contribution < 1.29 is 9.31 Å². The predicted molar refractivity (Wildman–Crippen MR) is 79.8 cm³/mol. The maximum absolute atomic E-state index is 13.5. The number of nitrogens with zero attached hydrogens (tertiary/aromatic N) is 1. The van der Waals surface area contributed by atoms with Crippen LogP contribution < -0.4 is 5.32 Å². The summed E-state index contributed by atoms with van der Waals surface area (Å²) in [6.07, 6.45) is 0. The lowest BCUT2D eigenvalue weighted by atomic mass is 10.1. The SMILES string of the molecule is C[C@@H](NCc1ccc([N+](=O)[O-])c(F)c1)c1ccc(Cl)cc1. The van der Waals surface area contributed by atoms with Crippen molar-refractivity contribution in [2.75, 3.05) is 0 Å². The highest BCUT2D eigenvalue weighted by atomic mass is 35.5. The van der Waals surface area contributed by atoms with Gasteiger partial charge in [0, 0.05) is 23.7 Å². The van der Waals surface area contributed by atoms with Gasteiger partial charge in [-0.05, 0) is 36.2 Å². The van der Waals surface area contributed by atoms with Crippen molar-refractivity contribution >= 4 is 17.3 Å². The Hall–Kier alpha value is -1.98. The molecular weight excluding hydrogens is 295 g/mol. The van der Waals surface area contributed by atoms with Crippen molar-refractivity contribution in [3.05, 3.63) is 74.5 Å². The Bertz CT molecular complexity index is 647. The molecule has 0 radical (unpaired) electrons. The maximum Gasteiger partial charge on any atom is 0.304 e. The lowest BCUT2D eigenvalue weighted by Gasteiger charge is -2.14. The van der Waals surface area contributed by atoms with E-state index in [1.54, 1.807) is 18.2 Å². The molecule has 0 aliphatic carbocycles. The summed E-state index contributed by atoms with van der Waals surface area (Å²) in [4.78, 5) is 9.82. The molecule has 0 fully saturated rings. The molecule has 0 spiro atoms. The van der Waals surface area contributed by atoms with Gasteiger partial charge in [-0.3, -0.25) is 10.1 Å². The van der Waals surface area contributed by atoms with E-state index in [1.807, 2.05) is 19.1 Å². The Labute approximate surface area is 126 Å². The Morgan fingerprint density at radius 1 is 1.29 bits per heavy atom. The van der Waals surface area contributed by atoms with E-state index in [0.717, 1.165) is 5.56 Å². The number of hydrogen-bond acceptors (Lipinski definition) is 3. The van der Waals surface area contributed by atoms with Gasteiger partial charge in [0.25, 0.3) is 0 Å². The van der Waals surface area contributed by atoms with E-state index in [-0.39, 0.29) is 6.04 Å². The number of benzene rings is 2. The van der Waals surface area contributed by atoms with Crippen LogP contribution in [-0.4, -0.2) is 4.92 Å². The Morgan fingerprint density at radius 3 is 2.52 bits per heavy atom. The van der Waals surface area contributed by atoms with Gasteiger partial charge in [0.05, 0.1) is 4.92 Å². The van der Waals surface area contributed by atoms with Crippen molar-refractivity contribution in [3.63, 3.8) is 0 Å². The first-order valence-corrected chi connectivity index (χ1v) is 6.77. The van der Waals surface area contributed by atoms with E-state index < -0.39 is 16.4 Å². The molecule has 110 valence electrons. The monoisotopic (exact) mass is 308 g/mol. The van der Waals surface area contributed by atoms with Gasteiger partial charge in [-0.15, -0.1) is 0 Å². The topological polar surface area (TPSA) is 55.2 Å². The van der Waals surface area contributed by atoms with Crippen LogP contribution in [0.25, 0.3) is 0 Å². The van der Waals surface area contributed by atoms with Gasteiger partial charge in [-0.25, -0.2) is 0 Å². The standard InChI is InChI=1S/C15H14ClFN2O2/c1-10(12-3-5-13(16)6-4-12)18-9-11-2-7-15(19(20)21)14(17)8-11/h2-8,10,18H,9H2,1H3/t10-/m1/s1. The van der Waals surface area contributed by atoms with Crippen LogP contribution in [0.15, 0.2) is 42.5 Å². The second kappa shape index (κ2) is 6.65. The predicted octanol–water partition coefficient (Wildman–Crippen LogP) is 4.24. The Kier molecular flexibility index (Phi) is 4.88. The largest absolute Gasteiger partial charge is 0.306 e. The summed E-state index contributed by atoms with van der Waals surface area (Å²) in [5.41, 5.74) is 1.20. The van der Waals surface area contributed by atoms with Gasteiger partial charge in [-0.1, -0.05) is 29.8 Å². The first kappa shape index (κ1) is 15.4. The number of nitro benzene ring substituents is 1. The van der Waals surface area contributed by atoms with Crippen molar-refractivity contribution in [3.8, 4) is 0 Å². The van der Waals surface area contributed by atoms with Gasteiger partial charge >= 0.3 is 5.69 Å². The van der Waals surface area contributed by atoms with Crippen molar-refractivity contribution in [1.82, 2.24) is 5.32 Å². The van der Waals surface area contributed by atoms with Gasteiger partial charge in [0.15, 0.2) is 0 Å². The van der Waals surface area contributed by atoms with Crippen molar-refractivity contribution in [2.45, 2.75) is 19.5 Å². The minimum absolute atomic E-state index is 0.0560. The highest BCUT2D eigenvalue weighted by molar-refractivity contribution is 6.30. The molecule has 4 nitrogen and oxygen atoms in total. The molecule has 1 N–H and O–H groups in total. The summed E-state index contributed by atoms with van der Waals surface area (Å²) in [5, 5.41) is 14.5. The van der Waals surface area contributed by atoms with Gasteiger partial charge in [-0.2, -0.15) is 4.39 Å². The molecule has 0 saturated heterocycles. The third-order valence-electron chi connectivity index (χ3n) is 3.19. The molecule has 0 aliphatic rings. The lowest BCUT2D eigenvalue weighted by molar-refractivity contribution is -0.387. The van der Waals surface area contributed by atoms with E-state index in [2.05, 4.69) is 5.32 Å². The van der Waals surface area contributed by atoms with Crippen LogP contribution in [0.5, 0.6) is 0 Å². The zero-order chi connectivity index (χ0) is 15.4. The smallest absolute Gasteiger partial charge is 0.304 e. The van der Waals surface area contributed by atoms with Crippen LogP contribution >= 0.6 is 11.6 Å². The molecule has 6 heteroatoms. The summed E-state index contributed by atoms with van der Waals surface area (Å²) in [7, 11) is 0. The molecule has 2 aromatic carbocycles. The summed E-state index contributed by atoms with van der Waals surface area (Å²) >= 11 is 5.83. The van der Waals surface area contributed by atoms with Gasteiger partial charge in [0.1, 0.15) is 0 Å². The second-order valence-electron chi connectivity index (χ2n) is 4.70. The average Bonchev–Trinajstić information content (AvgIpc) is 2.45. The van der Waals surface area contributed by atoms with E-state index >= 15 is 0 Å². The normalized spacial score (nSPS) is 12.1. The molecule has 0 aliphatic heterocycles. The molecule has 0 amide bonds. The first-order valence-electron chi connectivity index (χ1n) is 6.39. The highest BCUT2D eigenvalue weighted by Gasteiger charge is 2.14. The third-order valence-corrected chi connectivity index (χ3v) is 3.44. The fourth-order valence-electron chi connectivity index (χ4n) is 1.95. The zero-order valence-electron chi connectivity index (χ0n) is 11.3. The maximum atomic E-state index is 13.5. The van der Waals surface area contributed by atoms with E-state index in [0.29, 0.717) is 17.1 Å². The molecule has 2 aromatic rings. The zero-order valence-corrected chi connectivity index (χ0v) is 12.1. The van der Waals surface area contributed by atoms with Crippen LogP contribution in [0.2, 0.25) is 5.02 Å². The number of nitro groups is 1. The fourth-order valence-corrected chi connectivity index (χ4v) is 2.07. The number of nitrogens with one attached hydrogen (secondary N) is 1. The minimum Gasteiger partial charge on any atom is -0.306 e. The average molecular weight is 309 g/mol. The molecule has 1 atom stereocenters. The number of hydrogen-bond donors (Lipinski definition) is 1. The van der Waals surface area contributed by atoms with Gasteiger partial charge < -0.3 is 5.32 Å². The third kappa shape index (κ3) is 4.00. The highest BCUT2D eigenvalue weighted by Crippen LogP contribution is 2.19. The van der Waals surface area contributed by atoms with Crippen LogP contribution in [0.4, 0.5) is 10.1 Å². The minimum atomic E-state index is -0.821. The lowest BCUT2D eigenvalue weighted by Crippen LogP contribution is -2.18. The molecule has 0 aromatic heterocycles. The molecule has 0 bridgehead atoms. The molecule has 0 heterocycles. The Balaban J connectivity index is 2.01. The molecule has 21 heavy (non-hydrogen) atoms. The van der Waals surface area contributed by atoms with E-state index in [1.165, 1.54) is 12.1 Å². The van der Waals surface area contributed by atoms with Crippen LogP contribution in [0.1, 0.15) is 24.1 Å². The quantitative estimate of drug-likeness (QED) is 0.664. The molecule has 2 rings (SSSR count). The van der Waals surface area contributed by atoms with Crippen molar-refractivity contribution in [1.29, 1.82) is 0 Å². The summed E-state index contributed by atoms with van der Waals surface area (Å²) in [6.45, 7) is 2.39. The van der Waals surface area contributed by atoms with Crippen LogP contribution in [0, 0.1) is 15.9 Å². The number of rotatable bonds is 5. The van der Waals surface area contributed by atoms with E-state index in [4.69, 9.17) is 11.6 Å². The van der Waals surface area contributed by atoms with E-state index in [9.17, 15) is 14.5 Å². The Morgan fingerprint density at radius 2 is 1.95 bits per heavy atom. The van der Waals surface area contributed by atoms with Gasteiger partial charge in [0.2, 0.25) is 5.82 Å². The number of halogens is 2. The van der Waals surface area contributed by atoms with Crippen LogP contribution in [0.3, 0.4) is 0 Å². The first-order chi connectivity index (χ1) is 9.97. The van der Waals surface area contributed by atoms with Crippen molar-refractivity contribution in [2.24, 2.45) is 0 Å². The second-order valence-corrected chi connectivity index (χ2v) is 5.13. The summed E-state index contributed by atoms with van der Waals surface area (Å²) in [6, 6.07) is 11.4. The molecule has 0 saturated carbocycles. The van der Waals surface area contributed by atoms with Crippen LogP contribution in [-0.2, 0) is 6.54 Å².